The maximum atomic E-state index is 11.0. The second kappa shape index (κ2) is 5.86. The molecule has 0 aromatic heterocycles. The highest BCUT2D eigenvalue weighted by Crippen LogP contribution is 2.16. The number of carbonyl (C=O) groups excluding carboxylic acids is 2. The highest BCUT2D eigenvalue weighted by Gasteiger charge is 2.05. The van der Waals surface area contributed by atoms with E-state index < -0.39 is 18.0 Å². The average molecular weight is 238 g/mol. The number of primary amides is 1. The van der Waals surface area contributed by atoms with Gasteiger partial charge in [-0.15, -0.1) is 0 Å². The highest BCUT2D eigenvalue weighted by molar-refractivity contribution is 5.94. The van der Waals surface area contributed by atoms with E-state index in [4.69, 9.17) is 10.5 Å². The Kier molecular flexibility index (Phi) is 4.47. The van der Waals surface area contributed by atoms with Crippen LogP contribution in [0.3, 0.4) is 0 Å². The number of ether oxygens (including phenoxy) is 1. The fraction of sp³-hybridized carbons (Fsp3) is 0.273. The van der Waals surface area contributed by atoms with Gasteiger partial charge in [0.2, 0.25) is 0 Å². The second-order valence-corrected chi connectivity index (χ2v) is 3.45. The Bertz CT molecular complexity index is 400. The number of rotatable bonds is 4. The number of aliphatic hydroxyl groups is 1. The lowest BCUT2D eigenvalue weighted by atomic mass is 10.1. The van der Waals surface area contributed by atoms with Crippen molar-refractivity contribution in [1.29, 1.82) is 0 Å². The first-order valence-electron chi connectivity index (χ1n) is 4.99. The number of imide groups is 1. The minimum absolute atomic E-state index is 0.295. The van der Waals surface area contributed by atoms with Crippen molar-refractivity contribution in [1.82, 2.24) is 5.32 Å². The van der Waals surface area contributed by atoms with Crippen molar-refractivity contribution in [3.05, 3.63) is 29.8 Å². The molecule has 17 heavy (non-hydrogen) atoms. The van der Waals surface area contributed by atoms with Crippen molar-refractivity contribution in [3.8, 4) is 5.75 Å². The normalized spacial score (nSPS) is 11.6. The number of hydrogen-bond donors (Lipinski definition) is 3. The lowest BCUT2D eigenvalue weighted by Crippen LogP contribution is -2.38. The molecule has 6 nitrogen and oxygen atoms in total. The molecule has 0 fully saturated rings. The number of urea groups is 1. The first-order chi connectivity index (χ1) is 7.99. The lowest BCUT2D eigenvalue weighted by molar-refractivity contribution is -0.121. The van der Waals surface area contributed by atoms with Crippen LogP contribution in [0.15, 0.2) is 24.3 Å². The summed E-state index contributed by atoms with van der Waals surface area (Å²) in [7, 11) is 0. The number of nitrogens with two attached hydrogens (primary N) is 1. The predicted molar refractivity (Wildman–Crippen MR) is 60.3 cm³/mol. The molecule has 6 heteroatoms. The predicted octanol–water partition coefficient (Wildman–Crippen LogP) is 0.314. The van der Waals surface area contributed by atoms with Crippen molar-refractivity contribution in [2.24, 2.45) is 5.73 Å². The van der Waals surface area contributed by atoms with Crippen LogP contribution in [0.1, 0.15) is 18.6 Å². The van der Waals surface area contributed by atoms with Gasteiger partial charge < -0.3 is 15.6 Å². The van der Waals surface area contributed by atoms with Gasteiger partial charge in [-0.3, -0.25) is 10.1 Å². The largest absolute Gasteiger partial charge is 0.484 e. The average Bonchev–Trinajstić information content (AvgIpc) is 2.26. The van der Waals surface area contributed by atoms with Gasteiger partial charge in [-0.25, -0.2) is 4.79 Å². The molecule has 0 unspecified atom stereocenters. The molecule has 1 atom stereocenters. The van der Waals surface area contributed by atoms with Gasteiger partial charge in [0.25, 0.3) is 5.91 Å². The number of carbonyl (C=O) groups is 2. The molecule has 0 saturated carbocycles. The van der Waals surface area contributed by atoms with Gasteiger partial charge in [0.1, 0.15) is 5.75 Å². The number of benzene rings is 1. The van der Waals surface area contributed by atoms with Crippen LogP contribution in [0.2, 0.25) is 0 Å². The molecule has 0 saturated heterocycles. The standard InChI is InChI=1S/C11H14N2O4/c1-7(14)8-2-4-9(5-3-8)17-6-10(15)13-11(12)16/h2-5,7,14H,6H2,1H3,(H3,12,13,15,16)/t7-/m1/s1. The molecule has 1 aromatic rings. The van der Waals surface area contributed by atoms with Crippen LogP contribution < -0.4 is 15.8 Å². The number of nitrogens with one attached hydrogen (secondary N) is 1. The lowest BCUT2D eigenvalue weighted by Gasteiger charge is -2.07. The van der Waals surface area contributed by atoms with Crippen molar-refractivity contribution in [2.45, 2.75) is 13.0 Å². The Labute approximate surface area is 98.4 Å². The molecule has 3 amide bonds. The minimum atomic E-state index is -0.914. The highest BCUT2D eigenvalue weighted by atomic mass is 16.5. The Balaban J connectivity index is 2.47. The Morgan fingerprint density at radius 2 is 2.00 bits per heavy atom. The summed E-state index contributed by atoms with van der Waals surface area (Å²) in [5.74, 6) is -0.147. The van der Waals surface area contributed by atoms with Gasteiger partial charge in [-0.05, 0) is 24.6 Å². The Hall–Kier alpha value is -2.08. The summed E-state index contributed by atoms with van der Waals surface area (Å²) in [6.45, 7) is 1.35. The van der Waals surface area contributed by atoms with Gasteiger partial charge in [0.05, 0.1) is 6.10 Å². The smallest absolute Gasteiger partial charge is 0.318 e. The third-order valence-electron chi connectivity index (χ3n) is 2.00. The summed E-state index contributed by atoms with van der Waals surface area (Å²) in [6, 6.07) is 5.71. The van der Waals surface area contributed by atoms with Gasteiger partial charge in [0.15, 0.2) is 6.61 Å². The molecule has 0 aliphatic rings. The SMILES string of the molecule is C[C@@H](O)c1ccc(OCC(=O)NC(N)=O)cc1. The summed E-state index contributed by atoms with van der Waals surface area (Å²) in [5, 5.41) is 11.2. The Morgan fingerprint density at radius 3 is 2.47 bits per heavy atom. The second-order valence-electron chi connectivity index (χ2n) is 3.45. The summed E-state index contributed by atoms with van der Waals surface area (Å²) < 4.78 is 5.10. The molecule has 0 bridgehead atoms. The number of amides is 3. The Morgan fingerprint density at radius 1 is 1.41 bits per heavy atom. The van der Waals surface area contributed by atoms with Crippen LogP contribution in [-0.2, 0) is 4.79 Å². The van der Waals surface area contributed by atoms with E-state index in [0.29, 0.717) is 5.75 Å². The molecule has 1 aromatic carbocycles. The van der Waals surface area contributed by atoms with Crippen molar-refractivity contribution in [2.75, 3.05) is 6.61 Å². The molecule has 1 rings (SSSR count). The molecule has 0 radical (unpaired) electrons. The van der Waals surface area contributed by atoms with Crippen LogP contribution in [0.25, 0.3) is 0 Å². The zero-order valence-electron chi connectivity index (χ0n) is 9.34. The minimum Gasteiger partial charge on any atom is -0.484 e. The van der Waals surface area contributed by atoms with Crippen molar-refractivity contribution < 1.29 is 19.4 Å². The molecule has 4 N–H and O–H groups in total. The fourth-order valence-electron chi connectivity index (χ4n) is 1.16. The van der Waals surface area contributed by atoms with E-state index in [1.54, 1.807) is 31.2 Å². The van der Waals surface area contributed by atoms with E-state index >= 15 is 0 Å². The van der Waals surface area contributed by atoms with E-state index in [1.165, 1.54) is 0 Å². The number of hydrogen-bond acceptors (Lipinski definition) is 4. The summed E-state index contributed by atoms with van der Waals surface area (Å²) in [5.41, 5.74) is 5.51. The third kappa shape index (κ3) is 4.52. The van der Waals surface area contributed by atoms with Crippen LogP contribution >= 0.6 is 0 Å². The quantitative estimate of drug-likeness (QED) is 0.702. The third-order valence-corrected chi connectivity index (χ3v) is 2.00. The first kappa shape index (κ1) is 13.0. The molecule has 0 heterocycles. The van der Waals surface area contributed by atoms with E-state index in [2.05, 4.69) is 0 Å². The van der Waals surface area contributed by atoms with Gasteiger partial charge in [0, 0.05) is 0 Å². The number of aliphatic hydroxyl groups excluding tert-OH is 1. The van der Waals surface area contributed by atoms with Gasteiger partial charge in [-0.1, -0.05) is 12.1 Å². The van der Waals surface area contributed by atoms with Gasteiger partial charge >= 0.3 is 6.03 Å². The topological polar surface area (TPSA) is 102 Å². The molecule has 0 aliphatic heterocycles. The zero-order chi connectivity index (χ0) is 12.8. The summed E-state index contributed by atoms with van der Waals surface area (Å²) in [6.07, 6.45) is -0.554. The van der Waals surface area contributed by atoms with Crippen molar-refractivity contribution in [3.63, 3.8) is 0 Å². The van der Waals surface area contributed by atoms with Crippen LogP contribution in [0, 0.1) is 0 Å². The van der Waals surface area contributed by atoms with Crippen LogP contribution in [0.5, 0.6) is 5.75 Å². The van der Waals surface area contributed by atoms with E-state index in [1.807, 2.05) is 5.32 Å². The molecular weight excluding hydrogens is 224 g/mol. The van der Waals surface area contributed by atoms with Crippen LogP contribution in [-0.4, -0.2) is 23.7 Å². The zero-order valence-corrected chi connectivity index (χ0v) is 9.34. The summed E-state index contributed by atoms with van der Waals surface area (Å²) >= 11 is 0. The molecule has 92 valence electrons. The summed E-state index contributed by atoms with van der Waals surface area (Å²) in [4.78, 5) is 21.4. The van der Waals surface area contributed by atoms with Crippen LogP contribution in [0.4, 0.5) is 4.79 Å². The molecule has 0 spiro atoms. The fourth-order valence-corrected chi connectivity index (χ4v) is 1.16. The maximum absolute atomic E-state index is 11.0. The van der Waals surface area contributed by atoms with E-state index in [9.17, 15) is 14.7 Å². The van der Waals surface area contributed by atoms with Gasteiger partial charge in [-0.2, -0.15) is 0 Å². The van der Waals surface area contributed by atoms with Crippen molar-refractivity contribution >= 4 is 11.9 Å². The molecule has 0 aliphatic carbocycles. The van der Waals surface area contributed by atoms with E-state index in [0.717, 1.165) is 5.56 Å². The maximum Gasteiger partial charge on any atom is 0.318 e. The van der Waals surface area contributed by atoms with E-state index in [-0.39, 0.29) is 6.61 Å². The molecular formula is C11H14N2O4. The monoisotopic (exact) mass is 238 g/mol. The first-order valence-corrected chi connectivity index (χ1v) is 4.99.